The van der Waals surface area contributed by atoms with Crippen LogP contribution in [0.2, 0.25) is 0 Å². The van der Waals surface area contributed by atoms with Crippen molar-refractivity contribution in [2.75, 3.05) is 0 Å². The molecule has 118 valence electrons. The van der Waals surface area contributed by atoms with Crippen molar-refractivity contribution in [2.45, 2.75) is 56.6 Å². The second kappa shape index (κ2) is 6.23. The number of hydrogen-bond donors (Lipinski definition) is 2. The van der Waals surface area contributed by atoms with Crippen LogP contribution in [0, 0.1) is 0 Å². The van der Waals surface area contributed by atoms with E-state index in [1.54, 1.807) is 0 Å². The van der Waals surface area contributed by atoms with Gasteiger partial charge >= 0.3 is 6.36 Å². The van der Waals surface area contributed by atoms with Crippen molar-refractivity contribution in [3.63, 3.8) is 0 Å². The van der Waals surface area contributed by atoms with Crippen molar-refractivity contribution in [3.8, 4) is 5.75 Å². The molecule has 1 aromatic rings. The van der Waals surface area contributed by atoms with E-state index >= 15 is 0 Å². The van der Waals surface area contributed by atoms with Crippen LogP contribution in [0.3, 0.4) is 0 Å². The predicted octanol–water partition coefficient (Wildman–Crippen LogP) is 3.70. The first-order valence-electron chi connectivity index (χ1n) is 7.07. The quantitative estimate of drug-likeness (QED) is 0.837. The molecule has 2 rings (SSSR count). The van der Waals surface area contributed by atoms with E-state index in [0.717, 1.165) is 31.7 Å². The summed E-state index contributed by atoms with van der Waals surface area (Å²) < 4.78 is 41.2. The number of alkyl halides is 3. The Morgan fingerprint density at radius 3 is 2.19 bits per heavy atom. The highest BCUT2D eigenvalue weighted by Gasteiger charge is 2.40. The predicted molar refractivity (Wildman–Crippen MR) is 70.7 cm³/mol. The average Bonchev–Trinajstić information content (AvgIpc) is 2.63. The minimum atomic E-state index is -4.83. The van der Waals surface area contributed by atoms with Gasteiger partial charge in [-0.3, -0.25) is 0 Å². The Kier molecular flexibility index (Phi) is 4.78. The van der Waals surface area contributed by atoms with Gasteiger partial charge < -0.3 is 14.9 Å². The minimum Gasteiger partial charge on any atom is -0.405 e. The van der Waals surface area contributed by atoms with Gasteiger partial charge in [0, 0.05) is 5.56 Å². The Hall–Kier alpha value is -1.27. The van der Waals surface area contributed by atoms with Gasteiger partial charge in [0.05, 0.1) is 5.60 Å². The molecule has 0 aromatic heterocycles. The first-order valence-corrected chi connectivity index (χ1v) is 7.07. The monoisotopic (exact) mass is 304 g/mol. The van der Waals surface area contributed by atoms with Crippen molar-refractivity contribution in [1.82, 2.24) is 0 Å². The number of aliphatic hydroxyl groups is 2. The molecule has 1 fully saturated rings. The van der Waals surface area contributed by atoms with E-state index in [2.05, 4.69) is 4.74 Å². The van der Waals surface area contributed by atoms with E-state index in [1.807, 2.05) is 0 Å². The third kappa shape index (κ3) is 4.11. The van der Waals surface area contributed by atoms with E-state index in [4.69, 9.17) is 0 Å². The number of ether oxygens (including phenoxy) is 1. The SMILES string of the molecule is OC(c1ccccc1OC(F)(F)F)C1(O)CCCCCC1. The van der Waals surface area contributed by atoms with Crippen molar-refractivity contribution in [1.29, 1.82) is 0 Å². The Labute approximate surface area is 121 Å². The Morgan fingerprint density at radius 2 is 1.62 bits per heavy atom. The van der Waals surface area contributed by atoms with Crippen LogP contribution in [0.15, 0.2) is 24.3 Å². The maximum atomic E-state index is 12.4. The lowest BCUT2D eigenvalue weighted by atomic mass is 9.84. The molecule has 6 heteroatoms. The van der Waals surface area contributed by atoms with Gasteiger partial charge in [0.25, 0.3) is 0 Å². The second-order valence-electron chi connectivity index (χ2n) is 5.51. The van der Waals surface area contributed by atoms with Crippen molar-refractivity contribution in [2.24, 2.45) is 0 Å². The van der Waals surface area contributed by atoms with Crippen molar-refractivity contribution >= 4 is 0 Å². The standard InChI is InChI=1S/C15H19F3O3/c16-15(17,18)21-12-8-4-3-7-11(12)13(19)14(20)9-5-1-2-6-10-14/h3-4,7-8,13,19-20H,1-2,5-6,9-10H2. The molecule has 1 aliphatic carbocycles. The number of para-hydroxylation sites is 1. The molecule has 0 spiro atoms. The molecule has 0 amide bonds. The Morgan fingerprint density at radius 1 is 1.05 bits per heavy atom. The molecule has 1 aliphatic rings. The lowest BCUT2D eigenvalue weighted by molar-refractivity contribution is -0.275. The number of halogens is 3. The van der Waals surface area contributed by atoms with Crippen LogP contribution in [0.5, 0.6) is 5.75 Å². The van der Waals surface area contributed by atoms with Crippen LogP contribution in [0.1, 0.15) is 50.2 Å². The third-order valence-electron chi connectivity index (χ3n) is 3.92. The van der Waals surface area contributed by atoms with Crippen LogP contribution in [-0.2, 0) is 0 Å². The van der Waals surface area contributed by atoms with Crippen LogP contribution in [-0.4, -0.2) is 22.2 Å². The Bertz CT molecular complexity index is 465. The molecular weight excluding hydrogens is 285 g/mol. The van der Waals surface area contributed by atoms with Crippen LogP contribution in [0.4, 0.5) is 13.2 Å². The van der Waals surface area contributed by atoms with Gasteiger partial charge in [0.2, 0.25) is 0 Å². The van der Waals surface area contributed by atoms with E-state index < -0.39 is 23.8 Å². The van der Waals surface area contributed by atoms with Crippen molar-refractivity contribution in [3.05, 3.63) is 29.8 Å². The fraction of sp³-hybridized carbons (Fsp3) is 0.600. The topological polar surface area (TPSA) is 49.7 Å². The second-order valence-corrected chi connectivity index (χ2v) is 5.51. The van der Waals surface area contributed by atoms with Gasteiger partial charge in [0.15, 0.2) is 0 Å². The number of benzene rings is 1. The fourth-order valence-electron chi connectivity index (χ4n) is 2.83. The van der Waals surface area contributed by atoms with Crippen LogP contribution < -0.4 is 4.74 Å². The smallest absolute Gasteiger partial charge is 0.405 e. The molecule has 1 aromatic carbocycles. The molecule has 1 unspecified atom stereocenters. The van der Waals surface area contributed by atoms with Crippen LogP contribution >= 0.6 is 0 Å². The number of rotatable bonds is 3. The molecule has 1 atom stereocenters. The molecule has 3 nitrogen and oxygen atoms in total. The van der Waals surface area contributed by atoms with Gasteiger partial charge in [-0.2, -0.15) is 0 Å². The minimum absolute atomic E-state index is 0.0285. The summed E-state index contributed by atoms with van der Waals surface area (Å²) in [6, 6.07) is 5.41. The van der Waals surface area contributed by atoms with Crippen LogP contribution in [0.25, 0.3) is 0 Å². The summed E-state index contributed by atoms with van der Waals surface area (Å²) in [5.74, 6) is -0.463. The largest absolute Gasteiger partial charge is 0.573 e. The molecule has 0 saturated heterocycles. The summed E-state index contributed by atoms with van der Waals surface area (Å²) in [7, 11) is 0. The maximum absolute atomic E-state index is 12.4. The fourth-order valence-corrected chi connectivity index (χ4v) is 2.83. The number of aliphatic hydroxyl groups excluding tert-OH is 1. The molecule has 0 heterocycles. The van der Waals surface area contributed by atoms with E-state index in [1.165, 1.54) is 18.2 Å². The molecule has 1 saturated carbocycles. The van der Waals surface area contributed by atoms with Gasteiger partial charge in [-0.25, -0.2) is 0 Å². The molecule has 2 N–H and O–H groups in total. The molecule has 0 bridgehead atoms. The zero-order chi connectivity index (χ0) is 15.5. The highest BCUT2D eigenvalue weighted by molar-refractivity contribution is 5.36. The highest BCUT2D eigenvalue weighted by atomic mass is 19.4. The zero-order valence-electron chi connectivity index (χ0n) is 11.6. The van der Waals surface area contributed by atoms with Gasteiger partial charge in [0.1, 0.15) is 11.9 Å². The molecule has 0 aliphatic heterocycles. The molecular formula is C15H19F3O3. The summed E-state index contributed by atoms with van der Waals surface area (Å²) in [5.41, 5.74) is -1.43. The normalized spacial score (nSPS) is 20.6. The van der Waals surface area contributed by atoms with Gasteiger partial charge in [-0.15, -0.1) is 13.2 Å². The van der Waals surface area contributed by atoms with E-state index in [9.17, 15) is 23.4 Å². The molecule has 0 radical (unpaired) electrons. The summed E-state index contributed by atoms with van der Waals surface area (Å²) in [5, 5.41) is 21.0. The number of hydrogen-bond acceptors (Lipinski definition) is 3. The lowest BCUT2D eigenvalue weighted by Gasteiger charge is -2.33. The lowest BCUT2D eigenvalue weighted by Crippen LogP contribution is -2.36. The average molecular weight is 304 g/mol. The van der Waals surface area contributed by atoms with E-state index in [-0.39, 0.29) is 5.56 Å². The first kappa shape index (κ1) is 16.1. The summed E-state index contributed by atoms with van der Waals surface area (Å²) >= 11 is 0. The van der Waals surface area contributed by atoms with E-state index in [0.29, 0.717) is 12.8 Å². The summed E-state index contributed by atoms with van der Waals surface area (Å²) in [6.45, 7) is 0. The zero-order valence-corrected chi connectivity index (χ0v) is 11.6. The Balaban J connectivity index is 2.27. The molecule has 21 heavy (non-hydrogen) atoms. The van der Waals surface area contributed by atoms with Gasteiger partial charge in [-0.1, -0.05) is 43.9 Å². The summed E-state index contributed by atoms with van der Waals surface area (Å²) in [6.07, 6.45) is -2.09. The third-order valence-corrected chi connectivity index (χ3v) is 3.92. The van der Waals surface area contributed by atoms with Gasteiger partial charge in [-0.05, 0) is 18.9 Å². The first-order chi connectivity index (χ1) is 9.82. The van der Waals surface area contributed by atoms with Crippen molar-refractivity contribution < 1.29 is 28.1 Å². The summed E-state index contributed by atoms with van der Waals surface area (Å²) in [4.78, 5) is 0. The highest BCUT2D eigenvalue weighted by Crippen LogP contribution is 2.41. The maximum Gasteiger partial charge on any atom is 0.573 e.